The number of hydrogen-bond donors (Lipinski definition) is 1. The molecule has 0 aromatic heterocycles. The van der Waals surface area contributed by atoms with Crippen molar-refractivity contribution in [2.24, 2.45) is 10.9 Å². The van der Waals surface area contributed by atoms with E-state index in [-0.39, 0.29) is 0 Å². The maximum atomic E-state index is 5.50. The van der Waals surface area contributed by atoms with Crippen molar-refractivity contribution in [1.82, 2.24) is 15.1 Å². The van der Waals surface area contributed by atoms with Crippen molar-refractivity contribution in [1.29, 1.82) is 0 Å². The zero-order valence-electron chi connectivity index (χ0n) is 18.7. The second-order valence-electron chi connectivity index (χ2n) is 8.05. The van der Waals surface area contributed by atoms with Crippen LogP contribution >= 0.6 is 0 Å². The zero-order chi connectivity index (χ0) is 20.6. The van der Waals surface area contributed by atoms with E-state index in [0.29, 0.717) is 0 Å². The van der Waals surface area contributed by atoms with E-state index in [1.807, 2.05) is 0 Å². The van der Waals surface area contributed by atoms with Crippen molar-refractivity contribution in [3.05, 3.63) is 23.3 Å². The molecule has 0 unspecified atom stereocenters. The highest BCUT2D eigenvalue weighted by Gasteiger charge is 2.22. The Morgan fingerprint density at radius 3 is 2.38 bits per heavy atom. The maximum absolute atomic E-state index is 5.50. The molecule has 2 aliphatic rings. The molecule has 0 atom stereocenters. The summed E-state index contributed by atoms with van der Waals surface area (Å²) in [5.41, 5.74) is 2.64. The van der Waals surface area contributed by atoms with E-state index in [2.05, 4.69) is 41.1 Å². The molecule has 162 valence electrons. The van der Waals surface area contributed by atoms with Gasteiger partial charge in [-0.2, -0.15) is 0 Å². The summed E-state index contributed by atoms with van der Waals surface area (Å²) in [6.45, 7) is 11.7. The van der Waals surface area contributed by atoms with Gasteiger partial charge in [0.25, 0.3) is 0 Å². The van der Waals surface area contributed by atoms with E-state index >= 15 is 0 Å². The summed E-state index contributed by atoms with van der Waals surface area (Å²) in [6.07, 6.45) is 4.83. The Morgan fingerprint density at radius 1 is 1.07 bits per heavy atom. The SMILES string of the molecule is CCNC(=NCCC1CCN(CC)CC1)N1CCc2cc(OC)c(OC)cc2C1. The molecule has 1 saturated heterocycles. The van der Waals surface area contributed by atoms with Gasteiger partial charge in [-0.3, -0.25) is 4.99 Å². The highest BCUT2D eigenvalue weighted by atomic mass is 16.5. The number of guanidine groups is 1. The van der Waals surface area contributed by atoms with Crippen molar-refractivity contribution in [3.8, 4) is 11.5 Å². The summed E-state index contributed by atoms with van der Waals surface area (Å²) >= 11 is 0. The molecule has 0 radical (unpaired) electrons. The summed E-state index contributed by atoms with van der Waals surface area (Å²) in [4.78, 5) is 9.91. The summed E-state index contributed by atoms with van der Waals surface area (Å²) in [6, 6.07) is 4.24. The molecule has 0 bridgehead atoms. The topological polar surface area (TPSA) is 49.3 Å². The number of fused-ring (bicyclic) bond motifs is 1. The van der Waals surface area contributed by atoms with Crippen LogP contribution in [0.25, 0.3) is 0 Å². The van der Waals surface area contributed by atoms with Gasteiger partial charge in [0.1, 0.15) is 0 Å². The van der Waals surface area contributed by atoms with E-state index in [1.54, 1.807) is 14.2 Å². The van der Waals surface area contributed by atoms with Crippen LogP contribution in [0.4, 0.5) is 0 Å². The molecule has 0 aliphatic carbocycles. The van der Waals surface area contributed by atoms with Gasteiger partial charge in [0.2, 0.25) is 0 Å². The quantitative estimate of drug-likeness (QED) is 0.561. The van der Waals surface area contributed by atoms with Crippen LogP contribution in [0.15, 0.2) is 17.1 Å². The molecule has 6 nitrogen and oxygen atoms in total. The van der Waals surface area contributed by atoms with E-state index < -0.39 is 0 Å². The molecular formula is C23H38N4O2. The van der Waals surface area contributed by atoms with Crippen molar-refractivity contribution in [2.75, 3.05) is 53.5 Å². The average molecular weight is 403 g/mol. The predicted molar refractivity (Wildman–Crippen MR) is 119 cm³/mol. The largest absolute Gasteiger partial charge is 0.493 e. The number of likely N-dealkylation sites (tertiary alicyclic amines) is 1. The molecule has 6 heteroatoms. The molecular weight excluding hydrogens is 364 g/mol. The van der Waals surface area contributed by atoms with Gasteiger partial charge < -0.3 is 24.6 Å². The Hall–Kier alpha value is -1.95. The van der Waals surface area contributed by atoms with Crippen LogP contribution in [-0.4, -0.2) is 69.2 Å². The Labute approximate surface area is 176 Å². The fourth-order valence-corrected chi connectivity index (χ4v) is 4.43. The van der Waals surface area contributed by atoms with Crippen molar-refractivity contribution in [3.63, 3.8) is 0 Å². The lowest BCUT2D eigenvalue weighted by atomic mass is 9.94. The minimum atomic E-state index is 0.800. The first-order valence-electron chi connectivity index (χ1n) is 11.2. The molecule has 29 heavy (non-hydrogen) atoms. The van der Waals surface area contributed by atoms with Crippen LogP contribution < -0.4 is 14.8 Å². The van der Waals surface area contributed by atoms with Crippen LogP contribution in [0.2, 0.25) is 0 Å². The minimum absolute atomic E-state index is 0.800. The molecule has 0 amide bonds. The lowest BCUT2D eigenvalue weighted by Crippen LogP contribution is -2.44. The number of piperidine rings is 1. The fourth-order valence-electron chi connectivity index (χ4n) is 4.43. The monoisotopic (exact) mass is 402 g/mol. The molecule has 2 aliphatic heterocycles. The predicted octanol–water partition coefficient (Wildman–Crippen LogP) is 3.15. The van der Waals surface area contributed by atoms with E-state index in [1.165, 1.54) is 50.0 Å². The lowest BCUT2D eigenvalue weighted by molar-refractivity contribution is 0.188. The summed E-state index contributed by atoms with van der Waals surface area (Å²) in [5.74, 6) is 3.48. The number of methoxy groups -OCH3 is 2. The van der Waals surface area contributed by atoms with Crippen LogP contribution in [0.5, 0.6) is 11.5 Å². The van der Waals surface area contributed by atoms with E-state index in [0.717, 1.165) is 56.0 Å². The molecule has 3 rings (SSSR count). The molecule has 1 aromatic carbocycles. The first kappa shape index (κ1) is 21.8. The van der Waals surface area contributed by atoms with Crippen molar-refractivity contribution in [2.45, 2.75) is 46.1 Å². The second-order valence-corrected chi connectivity index (χ2v) is 8.05. The Balaban J connectivity index is 1.61. The zero-order valence-corrected chi connectivity index (χ0v) is 18.7. The molecule has 1 fully saturated rings. The van der Waals surface area contributed by atoms with Gasteiger partial charge in [0.15, 0.2) is 17.5 Å². The number of aliphatic imine (C=N–C) groups is 1. The standard InChI is InChI=1S/C23H38N4O2/c1-5-24-23(25-11-7-18-8-12-26(6-2)13-9-18)27-14-10-19-15-21(28-3)22(29-4)16-20(19)17-27/h15-16,18H,5-14,17H2,1-4H3,(H,24,25). The van der Waals surface area contributed by atoms with E-state index in [9.17, 15) is 0 Å². The Bertz CT molecular complexity index is 684. The van der Waals surface area contributed by atoms with Gasteiger partial charge in [0.05, 0.1) is 14.2 Å². The molecule has 0 saturated carbocycles. The normalized spacial score (nSPS) is 18.5. The van der Waals surface area contributed by atoms with Crippen molar-refractivity contribution >= 4 is 5.96 Å². The fraction of sp³-hybridized carbons (Fsp3) is 0.696. The number of nitrogens with zero attached hydrogens (tertiary/aromatic N) is 3. The number of ether oxygens (including phenoxy) is 2. The molecule has 2 heterocycles. The molecule has 1 N–H and O–H groups in total. The maximum Gasteiger partial charge on any atom is 0.194 e. The van der Waals surface area contributed by atoms with Gasteiger partial charge in [-0.05, 0) is 81.4 Å². The minimum Gasteiger partial charge on any atom is -0.493 e. The second kappa shape index (κ2) is 10.7. The Kier molecular flexibility index (Phi) is 8.04. The van der Waals surface area contributed by atoms with Crippen LogP contribution in [0.1, 0.15) is 44.2 Å². The highest BCUT2D eigenvalue weighted by molar-refractivity contribution is 5.80. The van der Waals surface area contributed by atoms with Gasteiger partial charge in [-0.25, -0.2) is 0 Å². The number of hydrogen-bond acceptors (Lipinski definition) is 4. The van der Waals surface area contributed by atoms with Crippen LogP contribution in [0.3, 0.4) is 0 Å². The smallest absolute Gasteiger partial charge is 0.194 e. The van der Waals surface area contributed by atoms with Gasteiger partial charge in [-0.1, -0.05) is 6.92 Å². The summed E-state index contributed by atoms with van der Waals surface area (Å²) in [7, 11) is 3.39. The first-order chi connectivity index (χ1) is 14.2. The lowest BCUT2D eigenvalue weighted by Gasteiger charge is -2.33. The van der Waals surface area contributed by atoms with E-state index in [4.69, 9.17) is 14.5 Å². The highest BCUT2D eigenvalue weighted by Crippen LogP contribution is 2.33. The third-order valence-corrected chi connectivity index (χ3v) is 6.31. The van der Waals surface area contributed by atoms with Crippen LogP contribution in [-0.2, 0) is 13.0 Å². The summed E-state index contributed by atoms with van der Waals surface area (Å²) < 4.78 is 11.0. The number of rotatable bonds is 7. The molecule has 1 aromatic rings. The number of nitrogens with one attached hydrogen (secondary N) is 1. The average Bonchev–Trinajstić information content (AvgIpc) is 2.77. The third-order valence-electron chi connectivity index (χ3n) is 6.31. The van der Waals surface area contributed by atoms with Gasteiger partial charge in [0, 0.05) is 26.2 Å². The molecule has 0 spiro atoms. The number of benzene rings is 1. The van der Waals surface area contributed by atoms with Gasteiger partial charge in [-0.15, -0.1) is 0 Å². The first-order valence-corrected chi connectivity index (χ1v) is 11.2. The van der Waals surface area contributed by atoms with Gasteiger partial charge >= 0.3 is 0 Å². The Morgan fingerprint density at radius 2 is 1.76 bits per heavy atom. The summed E-state index contributed by atoms with van der Waals surface area (Å²) in [5, 5.41) is 3.50. The van der Waals surface area contributed by atoms with Crippen LogP contribution in [0, 0.1) is 5.92 Å². The van der Waals surface area contributed by atoms with Crippen molar-refractivity contribution < 1.29 is 9.47 Å². The third kappa shape index (κ3) is 5.56.